The van der Waals surface area contributed by atoms with Crippen LogP contribution < -0.4 is 0 Å². The quantitative estimate of drug-likeness (QED) is 0.588. The third kappa shape index (κ3) is 3.56. The van der Waals surface area contributed by atoms with Gasteiger partial charge in [-0.3, -0.25) is 4.79 Å². The molecule has 0 aliphatic carbocycles. The Kier molecular flexibility index (Phi) is 5.95. The van der Waals surface area contributed by atoms with Crippen molar-refractivity contribution in [3.8, 4) is 11.1 Å². The summed E-state index contributed by atoms with van der Waals surface area (Å²) < 4.78 is 11.6. The van der Waals surface area contributed by atoms with E-state index in [1.54, 1.807) is 12.1 Å². The Morgan fingerprint density at radius 2 is 1.97 bits per heavy atom. The Hall–Kier alpha value is -1.85. The van der Waals surface area contributed by atoms with Crippen LogP contribution in [0.2, 0.25) is 10.0 Å². The highest BCUT2D eigenvalue weighted by Crippen LogP contribution is 2.46. The molecular weight excluding hydrogens is 423 g/mol. The second-order valence-electron chi connectivity index (χ2n) is 7.71. The van der Waals surface area contributed by atoms with Gasteiger partial charge in [0, 0.05) is 22.2 Å². The summed E-state index contributed by atoms with van der Waals surface area (Å²) in [7, 11) is 0. The van der Waals surface area contributed by atoms with Crippen molar-refractivity contribution < 1.29 is 19.4 Å². The number of benzene rings is 2. The Balaban J connectivity index is 1.88. The Bertz CT molecular complexity index is 1030. The summed E-state index contributed by atoms with van der Waals surface area (Å²) >= 11 is 12.5. The number of aryl methyl sites for hydroxylation is 1. The van der Waals surface area contributed by atoms with Gasteiger partial charge in [0.05, 0.1) is 12.2 Å². The molecule has 2 atom stereocenters. The van der Waals surface area contributed by atoms with Crippen molar-refractivity contribution >= 4 is 34.6 Å². The predicted octanol–water partition coefficient (Wildman–Crippen LogP) is 6.03. The van der Waals surface area contributed by atoms with Gasteiger partial charge in [-0.1, -0.05) is 48.3 Å². The van der Waals surface area contributed by atoms with Crippen molar-refractivity contribution in [2.24, 2.45) is 0 Å². The number of aliphatic hydroxyl groups is 1. The monoisotopic (exact) mass is 446 g/mol. The van der Waals surface area contributed by atoms with Crippen LogP contribution in [0, 0.1) is 0 Å². The second kappa shape index (κ2) is 8.35. The molecule has 2 aliphatic heterocycles. The minimum atomic E-state index is -0.956. The van der Waals surface area contributed by atoms with E-state index in [1.165, 1.54) is 0 Å². The minimum Gasteiger partial charge on any atom is -0.508 e. The lowest BCUT2D eigenvalue weighted by Crippen LogP contribution is -2.43. The van der Waals surface area contributed by atoms with E-state index in [0.29, 0.717) is 35.1 Å². The van der Waals surface area contributed by atoms with Crippen LogP contribution in [0.4, 0.5) is 0 Å². The summed E-state index contributed by atoms with van der Waals surface area (Å²) in [5.74, 6) is -0.199. The average molecular weight is 447 g/mol. The number of carbonyl (C=O) groups excluding carboxylic acids is 1. The lowest BCUT2D eigenvalue weighted by Gasteiger charge is -2.34. The van der Waals surface area contributed by atoms with Gasteiger partial charge in [-0.05, 0) is 61.1 Å². The zero-order valence-corrected chi connectivity index (χ0v) is 18.5. The predicted molar refractivity (Wildman–Crippen MR) is 119 cm³/mol. The molecule has 0 saturated carbocycles. The number of hydrogen-bond donors (Lipinski definition) is 1. The SMILES string of the molecule is CCOCC12CCC(O1)C(=O)C(c1cc(-c3ccc(Cl)cc3Cl)ccc1CC)=C2O. The second-order valence-corrected chi connectivity index (χ2v) is 8.56. The van der Waals surface area contributed by atoms with Crippen molar-refractivity contribution in [2.45, 2.75) is 44.8 Å². The maximum absolute atomic E-state index is 13.2. The number of ketones is 1. The molecule has 2 unspecified atom stereocenters. The van der Waals surface area contributed by atoms with Gasteiger partial charge >= 0.3 is 0 Å². The molecule has 4 rings (SSSR count). The maximum atomic E-state index is 13.2. The molecular formula is C24H24Cl2O4. The van der Waals surface area contributed by atoms with Crippen LogP contribution in [-0.4, -0.2) is 35.8 Å². The minimum absolute atomic E-state index is 0.0243. The maximum Gasteiger partial charge on any atom is 0.195 e. The lowest BCUT2D eigenvalue weighted by molar-refractivity contribution is -0.138. The van der Waals surface area contributed by atoms with Gasteiger partial charge < -0.3 is 14.6 Å². The van der Waals surface area contributed by atoms with Gasteiger partial charge in [-0.25, -0.2) is 0 Å². The smallest absolute Gasteiger partial charge is 0.195 e. The summed E-state index contributed by atoms with van der Waals surface area (Å²) in [6, 6.07) is 11.2. The van der Waals surface area contributed by atoms with Crippen LogP contribution in [0.1, 0.15) is 37.8 Å². The van der Waals surface area contributed by atoms with E-state index in [1.807, 2.05) is 38.1 Å². The number of halogens is 2. The van der Waals surface area contributed by atoms with Gasteiger partial charge in [-0.2, -0.15) is 0 Å². The van der Waals surface area contributed by atoms with E-state index < -0.39 is 11.7 Å². The zero-order valence-electron chi connectivity index (χ0n) is 17.0. The standard InChI is InChI=1S/C24H24Cl2O4/c1-3-14-5-6-15(17-8-7-16(25)12-19(17)26)11-18(14)21-22(27)20-9-10-24(30-20,23(21)28)13-29-4-2/h5-8,11-12,20,28H,3-4,9-10,13H2,1-2H3. The van der Waals surface area contributed by atoms with Crippen LogP contribution in [0.15, 0.2) is 42.2 Å². The summed E-state index contributed by atoms with van der Waals surface area (Å²) in [6.45, 7) is 4.66. The Labute approximate surface area is 186 Å². The van der Waals surface area contributed by atoms with E-state index >= 15 is 0 Å². The number of ether oxygens (including phenoxy) is 2. The first-order chi connectivity index (χ1) is 14.4. The number of carbonyl (C=O) groups is 1. The molecule has 2 aromatic rings. The molecule has 30 heavy (non-hydrogen) atoms. The first kappa shape index (κ1) is 21.4. The third-order valence-electron chi connectivity index (χ3n) is 5.93. The zero-order chi connectivity index (χ0) is 21.5. The molecule has 2 bridgehead atoms. The summed E-state index contributed by atoms with van der Waals surface area (Å²) in [4.78, 5) is 13.2. The van der Waals surface area contributed by atoms with Gasteiger partial charge in [0.25, 0.3) is 0 Å². The van der Waals surface area contributed by atoms with Gasteiger partial charge in [0.2, 0.25) is 0 Å². The fraction of sp³-hybridized carbons (Fsp3) is 0.375. The van der Waals surface area contributed by atoms with Crippen molar-refractivity contribution in [2.75, 3.05) is 13.2 Å². The number of fused-ring (bicyclic) bond motifs is 2. The van der Waals surface area contributed by atoms with Crippen molar-refractivity contribution in [3.05, 3.63) is 63.3 Å². The highest BCUT2D eigenvalue weighted by Gasteiger charge is 2.53. The molecule has 1 N–H and O–H groups in total. The Morgan fingerprint density at radius 1 is 1.17 bits per heavy atom. The molecule has 1 saturated heterocycles. The van der Waals surface area contributed by atoms with Crippen LogP contribution in [-0.2, 0) is 20.7 Å². The molecule has 1 fully saturated rings. The molecule has 0 spiro atoms. The fourth-order valence-electron chi connectivity index (χ4n) is 4.33. The summed E-state index contributed by atoms with van der Waals surface area (Å²) in [5.41, 5.74) is 2.76. The van der Waals surface area contributed by atoms with Crippen LogP contribution in [0.5, 0.6) is 0 Å². The molecule has 0 aromatic heterocycles. The van der Waals surface area contributed by atoms with Crippen molar-refractivity contribution in [1.29, 1.82) is 0 Å². The van der Waals surface area contributed by atoms with Crippen molar-refractivity contribution in [1.82, 2.24) is 0 Å². The number of rotatable bonds is 6. The first-order valence-electron chi connectivity index (χ1n) is 10.2. The van der Waals surface area contributed by atoms with Crippen LogP contribution >= 0.6 is 23.2 Å². The third-order valence-corrected chi connectivity index (χ3v) is 6.47. The van der Waals surface area contributed by atoms with E-state index in [-0.39, 0.29) is 18.1 Å². The van der Waals surface area contributed by atoms with Gasteiger partial charge in [-0.15, -0.1) is 0 Å². The Morgan fingerprint density at radius 3 is 2.67 bits per heavy atom. The lowest BCUT2D eigenvalue weighted by atomic mass is 9.86. The fourth-order valence-corrected chi connectivity index (χ4v) is 4.85. The van der Waals surface area contributed by atoms with Crippen molar-refractivity contribution in [3.63, 3.8) is 0 Å². The molecule has 158 valence electrons. The molecule has 2 heterocycles. The molecule has 2 aliphatic rings. The normalized spacial score (nSPS) is 23.3. The van der Waals surface area contributed by atoms with E-state index in [4.69, 9.17) is 32.7 Å². The van der Waals surface area contributed by atoms with E-state index in [9.17, 15) is 9.90 Å². The van der Waals surface area contributed by atoms with E-state index in [0.717, 1.165) is 28.7 Å². The number of aliphatic hydroxyl groups excluding tert-OH is 1. The summed E-state index contributed by atoms with van der Waals surface area (Å²) in [5, 5.41) is 12.3. The van der Waals surface area contributed by atoms with Crippen LogP contribution in [0.3, 0.4) is 0 Å². The molecule has 0 radical (unpaired) electrons. The molecule has 2 aromatic carbocycles. The number of Topliss-reactive ketones (excluding diaryl/α,β-unsaturated/α-hetero) is 1. The van der Waals surface area contributed by atoms with Crippen LogP contribution in [0.25, 0.3) is 16.7 Å². The van der Waals surface area contributed by atoms with Gasteiger partial charge in [0.15, 0.2) is 5.78 Å². The average Bonchev–Trinajstić information content (AvgIpc) is 3.14. The first-order valence-corrected chi connectivity index (χ1v) is 11.0. The topological polar surface area (TPSA) is 55.8 Å². The largest absolute Gasteiger partial charge is 0.508 e. The highest BCUT2D eigenvalue weighted by atomic mass is 35.5. The van der Waals surface area contributed by atoms with Gasteiger partial charge in [0.1, 0.15) is 17.5 Å². The number of hydrogen-bond acceptors (Lipinski definition) is 4. The van der Waals surface area contributed by atoms with E-state index in [2.05, 4.69) is 0 Å². The molecule has 4 nitrogen and oxygen atoms in total. The highest BCUT2D eigenvalue weighted by molar-refractivity contribution is 6.36. The molecule has 6 heteroatoms. The molecule has 0 amide bonds. The summed E-state index contributed by atoms with van der Waals surface area (Å²) in [6.07, 6.45) is 1.30.